The lowest BCUT2D eigenvalue weighted by Gasteiger charge is -2.26. The lowest BCUT2D eigenvalue weighted by Crippen LogP contribution is -2.30. The van der Waals surface area contributed by atoms with E-state index < -0.39 is 0 Å². The molecule has 0 spiro atoms. The number of pyridine rings is 1. The van der Waals surface area contributed by atoms with E-state index in [9.17, 15) is 0 Å². The van der Waals surface area contributed by atoms with Crippen molar-refractivity contribution in [1.29, 1.82) is 0 Å². The molecule has 0 amide bonds. The summed E-state index contributed by atoms with van der Waals surface area (Å²) in [7, 11) is 0. The Hall–Kier alpha value is -1.53. The van der Waals surface area contributed by atoms with Crippen LogP contribution >= 0.6 is 23.6 Å². The fraction of sp³-hybridized carbons (Fsp3) is 0.308. The van der Waals surface area contributed by atoms with Gasteiger partial charge in [0.05, 0.1) is 11.1 Å². The van der Waals surface area contributed by atoms with E-state index in [-0.39, 0.29) is 5.54 Å². The van der Waals surface area contributed by atoms with Gasteiger partial charge >= 0.3 is 0 Å². The summed E-state index contributed by atoms with van der Waals surface area (Å²) in [5.74, 6) is 0.702. The van der Waals surface area contributed by atoms with Crippen molar-refractivity contribution >= 4 is 34.4 Å². The normalized spacial score (nSPS) is 11.3. The predicted molar refractivity (Wildman–Crippen MR) is 83.6 cm³/mol. The summed E-state index contributed by atoms with van der Waals surface area (Å²) < 4.78 is 0. The van der Waals surface area contributed by atoms with Crippen LogP contribution in [-0.2, 0) is 5.54 Å². The first-order valence-corrected chi connectivity index (χ1v) is 7.14. The maximum Gasteiger partial charge on any atom is 0.137 e. The first-order valence-electron chi connectivity index (χ1n) is 5.85. The van der Waals surface area contributed by atoms with Crippen molar-refractivity contribution in [3.8, 4) is 0 Å². The molecule has 2 aromatic heterocycles. The summed E-state index contributed by atoms with van der Waals surface area (Å²) in [5, 5.41) is 6.33. The van der Waals surface area contributed by atoms with Crippen LogP contribution in [0.1, 0.15) is 30.0 Å². The highest BCUT2D eigenvalue weighted by Gasteiger charge is 2.25. The molecular formula is C13H16N4S2. The van der Waals surface area contributed by atoms with Gasteiger partial charge in [0.25, 0.3) is 0 Å². The molecule has 0 atom stereocenters. The SMILES string of the molecule is Cc1ccnc(NC(C)(C)c2nccs2)c1C(N)=S. The Morgan fingerprint density at radius 2 is 2.11 bits per heavy atom. The molecule has 6 heteroatoms. The zero-order valence-electron chi connectivity index (χ0n) is 11.1. The summed E-state index contributed by atoms with van der Waals surface area (Å²) in [6.07, 6.45) is 3.54. The van der Waals surface area contributed by atoms with Gasteiger partial charge in [-0.3, -0.25) is 0 Å². The second kappa shape index (κ2) is 5.22. The van der Waals surface area contributed by atoms with Gasteiger partial charge in [0.15, 0.2) is 0 Å². The standard InChI is InChI=1S/C13H16N4S2/c1-8-4-5-15-11(9(8)10(14)18)17-13(2,3)12-16-6-7-19-12/h4-7H,1-3H3,(H2,14,18)(H,15,17). The van der Waals surface area contributed by atoms with Gasteiger partial charge in [0, 0.05) is 17.8 Å². The van der Waals surface area contributed by atoms with Crippen molar-refractivity contribution in [3.63, 3.8) is 0 Å². The number of rotatable bonds is 4. The highest BCUT2D eigenvalue weighted by atomic mass is 32.1. The molecule has 0 saturated carbocycles. The maximum absolute atomic E-state index is 5.79. The smallest absolute Gasteiger partial charge is 0.137 e. The third-order valence-electron chi connectivity index (χ3n) is 2.80. The largest absolute Gasteiger partial charge is 0.389 e. The fourth-order valence-corrected chi connectivity index (χ4v) is 2.82. The zero-order chi connectivity index (χ0) is 14.0. The van der Waals surface area contributed by atoms with Crippen LogP contribution in [0.5, 0.6) is 0 Å². The molecule has 0 aliphatic heterocycles. The second-order valence-electron chi connectivity index (χ2n) is 4.80. The van der Waals surface area contributed by atoms with Gasteiger partial charge in [-0.15, -0.1) is 11.3 Å². The first-order chi connectivity index (χ1) is 8.92. The number of thiocarbonyl (C=S) groups is 1. The van der Waals surface area contributed by atoms with Crippen molar-refractivity contribution in [1.82, 2.24) is 9.97 Å². The topological polar surface area (TPSA) is 63.8 Å². The van der Waals surface area contributed by atoms with Crippen LogP contribution in [0, 0.1) is 6.92 Å². The monoisotopic (exact) mass is 292 g/mol. The van der Waals surface area contributed by atoms with E-state index in [1.54, 1.807) is 23.7 Å². The summed E-state index contributed by atoms with van der Waals surface area (Å²) in [5.41, 5.74) is 7.27. The van der Waals surface area contributed by atoms with Crippen LogP contribution in [0.2, 0.25) is 0 Å². The lowest BCUT2D eigenvalue weighted by atomic mass is 10.0. The van der Waals surface area contributed by atoms with Gasteiger partial charge in [0.2, 0.25) is 0 Å². The molecule has 2 heterocycles. The number of hydrogen-bond donors (Lipinski definition) is 2. The molecule has 0 aromatic carbocycles. The Balaban J connectivity index is 2.39. The lowest BCUT2D eigenvalue weighted by molar-refractivity contribution is 0.600. The van der Waals surface area contributed by atoms with E-state index in [1.165, 1.54) is 0 Å². The third-order valence-corrected chi connectivity index (χ3v) is 4.10. The van der Waals surface area contributed by atoms with E-state index in [2.05, 4.69) is 29.1 Å². The number of anilines is 1. The van der Waals surface area contributed by atoms with Crippen LogP contribution in [0.3, 0.4) is 0 Å². The minimum atomic E-state index is -0.325. The molecule has 19 heavy (non-hydrogen) atoms. The Morgan fingerprint density at radius 1 is 1.37 bits per heavy atom. The van der Waals surface area contributed by atoms with Gasteiger partial charge < -0.3 is 11.1 Å². The van der Waals surface area contributed by atoms with Gasteiger partial charge in [-0.05, 0) is 32.4 Å². The zero-order valence-corrected chi connectivity index (χ0v) is 12.7. The number of hydrogen-bond acceptors (Lipinski definition) is 5. The van der Waals surface area contributed by atoms with Gasteiger partial charge in [-0.25, -0.2) is 9.97 Å². The van der Waals surface area contributed by atoms with Gasteiger partial charge in [-0.1, -0.05) is 12.2 Å². The molecule has 3 N–H and O–H groups in total. The summed E-state index contributed by atoms with van der Waals surface area (Å²) in [6, 6.07) is 1.90. The Bertz CT molecular complexity index is 591. The van der Waals surface area contributed by atoms with Crippen molar-refractivity contribution in [3.05, 3.63) is 40.0 Å². The van der Waals surface area contributed by atoms with E-state index in [0.717, 1.165) is 16.1 Å². The quantitative estimate of drug-likeness (QED) is 0.848. The van der Waals surface area contributed by atoms with Crippen LogP contribution < -0.4 is 11.1 Å². The van der Waals surface area contributed by atoms with E-state index in [0.29, 0.717) is 10.8 Å². The molecule has 2 aromatic rings. The van der Waals surface area contributed by atoms with Crippen molar-refractivity contribution in [2.24, 2.45) is 5.73 Å². The minimum absolute atomic E-state index is 0.325. The average molecular weight is 292 g/mol. The molecular weight excluding hydrogens is 276 g/mol. The fourth-order valence-electron chi connectivity index (χ4n) is 1.85. The van der Waals surface area contributed by atoms with Crippen molar-refractivity contribution in [2.75, 3.05) is 5.32 Å². The Kier molecular flexibility index (Phi) is 3.82. The number of nitrogens with one attached hydrogen (secondary N) is 1. The van der Waals surface area contributed by atoms with E-state index in [1.807, 2.05) is 18.4 Å². The minimum Gasteiger partial charge on any atom is -0.389 e. The third kappa shape index (κ3) is 2.90. The number of nitrogens with zero attached hydrogens (tertiary/aromatic N) is 2. The summed E-state index contributed by atoms with van der Waals surface area (Å²) in [6.45, 7) is 6.08. The number of aryl methyl sites for hydroxylation is 1. The molecule has 4 nitrogen and oxygen atoms in total. The first kappa shape index (κ1) is 13.9. The Morgan fingerprint density at radius 3 is 2.68 bits per heavy atom. The van der Waals surface area contributed by atoms with Crippen LogP contribution in [0.4, 0.5) is 5.82 Å². The molecule has 100 valence electrons. The molecule has 0 unspecified atom stereocenters. The van der Waals surface area contributed by atoms with Crippen molar-refractivity contribution in [2.45, 2.75) is 26.3 Å². The van der Waals surface area contributed by atoms with E-state index >= 15 is 0 Å². The molecule has 0 saturated heterocycles. The highest BCUT2D eigenvalue weighted by molar-refractivity contribution is 7.80. The van der Waals surface area contributed by atoms with Gasteiger partial charge in [0.1, 0.15) is 15.8 Å². The molecule has 0 fully saturated rings. The molecule has 0 aliphatic carbocycles. The molecule has 0 radical (unpaired) electrons. The van der Waals surface area contributed by atoms with Gasteiger partial charge in [-0.2, -0.15) is 0 Å². The average Bonchev–Trinajstić information content (AvgIpc) is 2.81. The number of nitrogens with two attached hydrogens (primary N) is 1. The van der Waals surface area contributed by atoms with Crippen LogP contribution in [-0.4, -0.2) is 15.0 Å². The molecule has 0 bridgehead atoms. The second-order valence-corrected chi connectivity index (χ2v) is 6.14. The van der Waals surface area contributed by atoms with Crippen molar-refractivity contribution < 1.29 is 0 Å². The maximum atomic E-state index is 5.79. The van der Waals surface area contributed by atoms with E-state index in [4.69, 9.17) is 18.0 Å². The number of aromatic nitrogens is 2. The van der Waals surface area contributed by atoms with Crippen LogP contribution in [0.15, 0.2) is 23.8 Å². The predicted octanol–water partition coefficient (Wildman–Crippen LogP) is 2.83. The molecule has 0 aliphatic rings. The highest BCUT2D eigenvalue weighted by Crippen LogP contribution is 2.28. The summed E-state index contributed by atoms with van der Waals surface area (Å²) >= 11 is 6.71. The Labute approximate surface area is 122 Å². The van der Waals surface area contributed by atoms with Crippen LogP contribution in [0.25, 0.3) is 0 Å². The summed E-state index contributed by atoms with van der Waals surface area (Å²) in [4.78, 5) is 9.05. The number of thiazole rings is 1. The molecule has 2 rings (SSSR count).